The lowest BCUT2D eigenvalue weighted by atomic mass is 10.1. The Morgan fingerprint density at radius 3 is 2.37 bits per heavy atom. The Labute approximate surface area is 116 Å². The predicted octanol–water partition coefficient (Wildman–Crippen LogP) is 2.00. The first-order valence-corrected chi connectivity index (χ1v) is 6.79. The normalized spacial score (nSPS) is 12.5. The number of aliphatic carboxylic acids is 1. The van der Waals surface area contributed by atoms with Gasteiger partial charge in [0.25, 0.3) is 5.91 Å². The number of nitrogens with two attached hydrogens (primary N) is 1. The number of aromatic nitrogens is 1. The SMILES string of the molecule is Cc1cc(C)c(C(N)=O)c(SC(C(=O)O)C(C)C)n1. The van der Waals surface area contributed by atoms with Gasteiger partial charge in [0.2, 0.25) is 0 Å². The fourth-order valence-corrected chi connectivity index (χ4v) is 2.97. The van der Waals surface area contributed by atoms with Gasteiger partial charge in [-0.2, -0.15) is 0 Å². The Kier molecular flexibility index (Phi) is 4.94. The molecule has 0 fully saturated rings. The highest BCUT2D eigenvalue weighted by Crippen LogP contribution is 2.31. The monoisotopic (exact) mass is 282 g/mol. The Hall–Kier alpha value is -1.56. The predicted molar refractivity (Wildman–Crippen MR) is 74.3 cm³/mol. The maximum absolute atomic E-state index is 11.5. The molecule has 0 radical (unpaired) electrons. The number of carboxylic acids is 1. The third kappa shape index (κ3) is 3.70. The summed E-state index contributed by atoms with van der Waals surface area (Å²) >= 11 is 1.08. The van der Waals surface area contributed by atoms with Crippen molar-refractivity contribution in [3.63, 3.8) is 0 Å². The summed E-state index contributed by atoms with van der Waals surface area (Å²) in [6, 6.07) is 1.76. The smallest absolute Gasteiger partial charge is 0.317 e. The average Bonchev–Trinajstić information content (AvgIpc) is 2.23. The summed E-state index contributed by atoms with van der Waals surface area (Å²) in [5.74, 6) is -1.58. The van der Waals surface area contributed by atoms with E-state index < -0.39 is 17.1 Å². The molecule has 0 saturated heterocycles. The van der Waals surface area contributed by atoms with Gasteiger partial charge in [0.05, 0.1) is 5.56 Å². The highest BCUT2D eigenvalue weighted by Gasteiger charge is 2.26. The second-order valence-corrected chi connectivity index (χ2v) is 5.88. The van der Waals surface area contributed by atoms with Crippen molar-refractivity contribution in [2.75, 3.05) is 0 Å². The van der Waals surface area contributed by atoms with Gasteiger partial charge in [0.1, 0.15) is 10.3 Å². The summed E-state index contributed by atoms with van der Waals surface area (Å²) in [6.07, 6.45) is 0. The second-order valence-electron chi connectivity index (χ2n) is 4.75. The molecule has 0 aliphatic carbocycles. The fraction of sp³-hybridized carbons (Fsp3) is 0.462. The van der Waals surface area contributed by atoms with Crippen LogP contribution in [0.3, 0.4) is 0 Å². The molecule has 1 amide bonds. The number of aryl methyl sites for hydroxylation is 2. The third-order valence-corrected chi connectivity index (χ3v) is 4.16. The lowest BCUT2D eigenvalue weighted by molar-refractivity contribution is -0.137. The lowest BCUT2D eigenvalue weighted by Crippen LogP contribution is -2.24. The van der Waals surface area contributed by atoms with E-state index in [0.29, 0.717) is 10.6 Å². The quantitative estimate of drug-likeness (QED) is 0.806. The van der Waals surface area contributed by atoms with E-state index in [1.54, 1.807) is 19.9 Å². The van der Waals surface area contributed by atoms with E-state index in [4.69, 9.17) is 5.73 Å². The van der Waals surface area contributed by atoms with Gasteiger partial charge < -0.3 is 10.8 Å². The zero-order valence-electron chi connectivity index (χ0n) is 11.4. The van der Waals surface area contributed by atoms with E-state index in [1.165, 1.54) is 0 Å². The molecule has 0 aliphatic heterocycles. The van der Waals surface area contributed by atoms with Crippen LogP contribution in [0.4, 0.5) is 0 Å². The van der Waals surface area contributed by atoms with Crippen molar-refractivity contribution in [2.24, 2.45) is 11.7 Å². The van der Waals surface area contributed by atoms with Crippen molar-refractivity contribution >= 4 is 23.6 Å². The summed E-state index contributed by atoms with van der Waals surface area (Å²) in [4.78, 5) is 27.0. The van der Waals surface area contributed by atoms with Crippen LogP contribution < -0.4 is 5.73 Å². The molecule has 1 aromatic rings. The molecule has 19 heavy (non-hydrogen) atoms. The molecule has 1 aromatic heterocycles. The zero-order valence-corrected chi connectivity index (χ0v) is 12.2. The minimum absolute atomic E-state index is 0.0779. The van der Waals surface area contributed by atoms with Gasteiger partial charge in [0.15, 0.2) is 0 Å². The van der Waals surface area contributed by atoms with Crippen LogP contribution in [0.2, 0.25) is 0 Å². The van der Waals surface area contributed by atoms with E-state index >= 15 is 0 Å². The number of hydrogen-bond acceptors (Lipinski definition) is 4. The van der Waals surface area contributed by atoms with Crippen LogP contribution in [0.1, 0.15) is 35.5 Å². The van der Waals surface area contributed by atoms with E-state index in [1.807, 2.05) is 13.8 Å². The topological polar surface area (TPSA) is 93.3 Å². The van der Waals surface area contributed by atoms with Crippen LogP contribution in [-0.4, -0.2) is 27.2 Å². The van der Waals surface area contributed by atoms with Gasteiger partial charge in [-0.3, -0.25) is 9.59 Å². The Morgan fingerprint density at radius 1 is 1.37 bits per heavy atom. The molecule has 0 saturated carbocycles. The number of rotatable bonds is 5. The van der Waals surface area contributed by atoms with Gasteiger partial charge in [-0.15, -0.1) is 0 Å². The third-order valence-electron chi connectivity index (χ3n) is 2.65. The van der Waals surface area contributed by atoms with Crippen molar-refractivity contribution in [2.45, 2.75) is 38.0 Å². The maximum atomic E-state index is 11.5. The number of amides is 1. The Bertz CT molecular complexity index is 515. The molecular formula is C13H18N2O3S. The van der Waals surface area contributed by atoms with Gasteiger partial charge in [-0.1, -0.05) is 25.6 Å². The van der Waals surface area contributed by atoms with E-state index in [0.717, 1.165) is 23.0 Å². The van der Waals surface area contributed by atoms with Crippen LogP contribution in [-0.2, 0) is 4.79 Å². The number of primary amides is 1. The van der Waals surface area contributed by atoms with Crippen molar-refractivity contribution in [1.82, 2.24) is 4.98 Å². The van der Waals surface area contributed by atoms with Crippen LogP contribution >= 0.6 is 11.8 Å². The van der Waals surface area contributed by atoms with Crippen molar-refractivity contribution < 1.29 is 14.7 Å². The van der Waals surface area contributed by atoms with Crippen LogP contribution in [0.15, 0.2) is 11.1 Å². The number of nitrogens with zero attached hydrogens (tertiary/aromatic N) is 1. The second kappa shape index (κ2) is 6.06. The first kappa shape index (κ1) is 15.5. The molecule has 0 aromatic carbocycles. The number of hydrogen-bond donors (Lipinski definition) is 2. The van der Waals surface area contributed by atoms with E-state index in [9.17, 15) is 14.7 Å². The minimum Gasteiger partial charge on any atom is -0.480 e. The standard InChI is InChI=1S/C13H18N2O3S/c1-6(2)10(13(17)18)19-12-9(11(14)16)7(3)5-8(4)15-12/h5-6,10H,1-4H3,(H2,14,16)(H,17,18). The first-order chi connectivity index (χ1) is 8.73. The molecule has 104 valence electrons. The number of thioether (sulfide) groups is 1. The molecule has 1 atom stereocenters. The van der Waals surface area contributed by atoms with Gasteiger partial charge in [-0.05, 0) is 31.4 Å². The highest BCUT2D eigenvalue weighted by molar-refractivity contribution is 8.00. The number of carbonyl (C=O) groups is 2. The molecule has 0 bridgehead atoms. The maximum Gasteiger partial charge on any atom is 0.317 e. The first-order valence-electron chi connectivity index (χ1n) is 5.91. The Morgan fingerprint density at radius 2 is 1.95 bits per heavy atom. The molecule has 0 spiro atoms. The van der Waals surface area contributed by atoms with Crippen molar-refractivity contribution in [1.29, 1.82) is 0 Å². The molecule has 1 heterocycles. The van der Waals surface area contributed by atoms with Crippen LogP contribution in [0.5, 0.6) is 0 Å². The molecule has 1 unspecified atom stereocenters. The van der Waals surface area contributed by atoms with E-state index in [-0.39, 0.29) is 5.92 Å². The summed E-state index contributed by atoms with van der Waals surface area (Å²) in [5.41, 5.74) is 7.11. The van der Waals surface area contributed by atoms with Crippen molar-refractivity contribution in [3.05, 3.63) is 22.9 Å². The van der Waals surface area contributed by atoms with Gasteiger partial charge in [0, 0.05) is 5.69 Å². The van der Waals surface area contributed by atoms with Gasteiger partial charge >= 0.3 is 5.97 Å². The number of carboxylic acid groups (broad SMARTS) is 1. The molecular weight excluding hydrogens is 264 g/mol. The zero-order chi connectivity index (χ0) is 14.7. The molecule has 1 rings (SSSR count). The molecule has 5 nitrogen and oxygen atoms in total. The number of pyridine rings is 1. The largest absolute Gasteiger partial charge is 0.480 e. The molecule has 6 heteroatoms. The van der Waals surface area contributed by atoms with Crippen LogP contribution in [0, 0.1) is 19.8 Å². The van der Waals surface area contributed by atoms with Crippen molar-refractivity contribution in [3.8, 4) is 0 Å². The molecule has 0 aliphatic rings. The summed E-state index contributed by atoms with van der Waals surface area (Å²) in [5, 5.41) is 8.94. The van der Waals surface area contributed by atoms with Crippen LogP contribution in [0.25, 0.3) is 0 Å². The fourth-order valence-electron chi connectivity index (χ4n) is 1.78. The highest BCUT2D eigenvalue weighted by atomic mass is 32.2. The molecule has 3 N–H and O–H groups in total. The van der Waals surface area contributed by atoms with Gasteiger partial charge in [-0.25, -0.2) is 4.98 Å². The Balaban J connectivity index is 3.26. The lowest BCUT2D eigenvalue weighted by Gasteiger charge is -2.17. The van der Waals surface area contributed by atoms with E-state index in [2.05, 4.69) is 4.98 Å². The minimum atomic E-state index is -0.920. The summed E-state index contributed by atoms with van der Waals surface area (Å²) in [7, 11) is 0. The summed E-state index contributed by atoms with van der Waals surface area (Å²) in [6.45, 7) is 7.20. The summed E-state index contributed by atoms with van der Waals surface area (Å²) < 4.78 is 0. The average molecular weight is 282 g/mol. The number of carbonyl (C=O) groups excluding carboxylic acids is 1.